The Morgan fingerprint density at radius 1 is 1.21 bits per heavy atom. The highest BCUT2D eigenvalue weighted by atomic mass is 16.5. The van der Waals surface area contributed by atoms with Crippen molar-refractivity contribution in [1.82, 2.24) is 35.0 Å². The number of esters is 1. The number of carbonyl (C=O) groups excluding carboxylic acids is 2. The summed E-state index contributed by atoms with van der Waals surface area (Å²) in [6.45, 7) is 4.44. The molecule has 0 bridgehead atoms. The fraction of sp³-hybridized carbons (Fsp3) is 0.545. The number of amides is 1. The topological polar surface area (TPSA) is 136 Å². The second-order valence-electron chi connectivity index (χ2n) is 8.82. The molecular weight excluding hydrogens is 442 g/mol. The maximum Gasteiger partial charge on any atom is 0.336 e. The normalized spacial score (nSPS) is 25.1. The van der Waals surface area contributed by atoms with Crippen LogP contribution in [-0.2, 0) is 19.1 Å². The average molecular weight is 470 g/mol. The Labute approximate surface area is 196 Å². The van der Waals surface area contributed by atoms with E-state index in [1.54, 1.807) is 30.2 Å². The standard InChI is InChI=1S/C22H27N7O5/c1-15-17(13-33-20(15)31)28-9-10-34-22(21(28)32)5-2-7-27(8-6-22)12-18(30)16-3-4-19(23-11-16)29-14-24-25-26-29/h3-4,11,14,18,30H,2,5-10,12-13H2,1H3. The van der Waals surface area contributed by atoms with Gasteiger partial charge in [0.25, 0.3) is 5.91 Å². The first-order valence-electron chi connectivity index (χ1n) is 11.4. The van der Waals surface area contributed by atoms with Crippen molar-refractivity contribution in [3.05, 3.63) is 41.5 Å². The predicted molar refractivity (Wildman–Crippen MR) is 116 cm³/mol. The summed E-state index contributed by atoms with van der Waals surface area (Å²) in [5.41, 5.74) is 0.918. The third-order valence-electron chi connectivity index (χ3n) is 6.79. The number of carbonyl (C=O) groups is 2. The number of tetrazole rings is 1. The molecule has 180 valence electrons. The van der Waals surface area contributed by atoms with Crippen LogP contribution in [0.1, 0.15) is 37.9 Å². The van der Waals surface area contributed by atoms with E-state index in [0.717, 1.165) is 13.0 Å². The van der Waals surface area contributed by atoms with Crippen LogP contribution in [0.15, 0.2) is 35.9 Å². The molecule has 2 aromatic rings. The number of cyclic esters (lactones) is 1. The first kappa shape index (κ1) is 22.6. The van der Waals surface area contributed by atoms with Crippen molar-refractivity contribution in [2.75, 3.05) is 39.4 Å². The zero-order chi connectivity index (χ0) is 23.7. The Balaban J connectivity index is 1.23. The fourth-order valence-corrected chi connectivity index (χ4v) is 4.80. The van der Waals surface area contributed by atoms with E-state index in [1.807, 2.05) is 0 Å². The first-order chi connectivity index (χ1) is 16.5. The molecule has 2 fully saturated rings. The van der Waals surface area contributed by atoms with Crippen molar-refractivity contribution < 1.29 is 24.2 Å². The molecule has 0 radical (unpaired) electrons. The molecule has 2 saturated heterocycles. The highest BCUT2D eigenvalue weighted by Crippen LogP contribution is 2.34. The summed E-state index contributed by atoms with van der Waals surface area (Å²) in [5.74, 6) is 0.0935. The van der Waals surface area contributed by atoms with Gasteiger partial charge >= 0.3 is 5.97 Å². The summed E-state index contributed by atoms with van der Waals surface area (Å²) >= 11 is 0. The number of nitrogens with zero attached hydrogens (tertiary/aromatic N) is 7. The van der Waals surface area contributed by atoms with Crippen molar-refractivity contribution in [2.45, 2.75) is 37.9 Å². The number of morpholine rings is 1. The highest BCUT2D eigenvalue weighted by Gasteiger charge is 2.48. The Bertz CT molecular complexity index is 1090. The maximum absolute atomic E-state index is 13.5. The number of hydrogen-bond acceptors (Lipinski definition) is 10. The molecule has 3 aliphatic rings. The van der Waals surface area contributed by atoms with Crippen LogP contribution < -0.4 is 0 Å². The Morgan fingerprint density at radius 2 is 2.09 bits per heavy atom. The number of rotatable bonds is 5. The molecule has 34 heavy (non-hydrogen) atoms. The lowest BCUT2D eigenvalue weighted by Crippen LogP contribution is -2.56. The van der Waals surface area contributed by atoms with Gasteiger partial charge in [-0.1, -0.05) is 6.07 Å². The summed E-state index contributed by atoms with van der Waals surface area (Å²) < 4.78 is 12.6. The van der Waals surface area contributed by atoms with Crippen molar-refractivity contribution in [1.29, 1.82) is 0 Å². The van der Waals surface area contributed by atoms with Gasteiger partial charge in [-0.3, -0.25) is 4.79 Å². The second kappa shape index (κ2) is 9.20. The molecule has 5 heterocycles. The van der Waals surface area contributed by atoms with E-state index in [4.69, 9.17) is 9.47 Å². The number of aliphatic hydroxyl groups excluding tert-OH is 1. The van der Waals surface area contributed by atoms with Gasteiger partial charge in [0.1, 0.15) is 18.5 Å². The quantitative estimate of drug-likeness (QED) is 0.596. The van der Waals surface area contributed by atoms with Gasteiger partial charge in [0, 0.05) is 31.4 Å². The summed E-state index contributed by atoms with van der Waals surface area (Å²) in [6.07, 6.45) is 4.23. The van der Waals surface area contributed by atoms with E-state index in [9.17, 15) is 14.7 Å². The molecule has 2 atom stereocenters. The van der Waals surface area contributed by atoms with E-state index >= 15 is 0 Å². The van der Waals surface area contributed by atoms with Gasteiger partial charge in [-0.2, -0.15) is 4.68 Å². The smallest absolute Gasteiger partial charge is 0.336 e. The lowest BCUT2D eigenvalue weighted by Gasteiger charge is -2.41. The summed E-state index contributed by atoms with van der Waals surface area (Å²) in [4.78, 5) is 33.4. The van der Waals surface area contributed by atoms with Crippen LogP contribution in [0.5, 0.6) is 0 Å². The number of aromatic nitrogens is 5. The molecule has 1 amide bonds. The minimum absolute atomic E-state index is 0.101. The zero-order valence-corrected chi connectivity index (χ0v) is 19.0. The van der Waals surface area contributed by atoms with Crippen molar-refractivity contribution in [3.63, 3.8) is 0 Å². The number of ether oxygens (including phenoxy) is 2. The molecule has 0 saturated carbocycles. The van der Waals surface area contributed by atoms with Gasteiger partial charge in [0.15, 0.2) is 5.82 Å². The lowest BCUT2D eigenvalue weighted by molar-refractivity contribution is -0.171. The maximum atomic E-state index is 13.5. The monoisotopic (exact) mass is 469 g/mol. The van der Waals surface area contributed by atoms with Crippen molar-refractivity contribution >= 4 is 11.9 Å². The fourth-order valence-electron chi connectivity index (χ4n) is 4.80. The molecule has 1 N–H and O–H groups in total. The molecule has 3 aliphatic heterocycles. The molecule has 0 aliphatic carbocycles. The third kappa shape index (κ3) is 4.19. The predicted octanol–water partition coefficient (Wildman–Crippen LogP) is 0.00500. The minimum Gasteiger partial charge on any atom is -0.456 e. The van der Waals surface area contributed by atoms with E-state index < -0.39 is 11.7 Å². The van der Waals surface area contributed by atoms with E-state index in [1.165, 1.54) is 11.0 Å². The molecular formula is C22H27N7O5. The Hall–Kier alpha value is -3.22. The van der Waals surface area contributed by atoms with Gasteiger partial charge in [0.05, 0.1) is 24.0 Å². The van der Waals surface area contributed by atoms with Crippen LogP contribution >= 0.6 is 0 Å². The minimum atomic E-state index is -0.911. The number of hydrogen-bond donors (Lipinski definition) is 1. The molecule has 12 heteroatoms. The average Bonchev–Trinajstić information content (AvgIpc) is 3.45. The SMILES string of the molecule is CC1=C(N2CCOC3(CCCN(CC(O)c4ccc(-n5cnnn5)nc4)CC3)C2=O)COC1=O. The molecule has 0 aromatic carbocycles. The largest absolute Gasteiger partial charge is 0.456 e. The molecule has 12 nitrogen and oxygen atoms in total. The van der Waals surface area contributed by atoms with E-state index in [0.29, 0.717) is 61.7 Å². The van der Waals surface area contributed by atoms with Crippen LogP contribution in [0.2, 0.25) is 0 Å². The first-order valence-corrected chi connectivity index (χ1v) is 11.4. The third-order valence-corrected chi connectivity index (χ3v) is 6.79. The number of likely N-dealkylation sites (tertiary alicyclic amines) is 1. The van der Waals surface area contributed by atoms with Crippen molar-refractivity contribution in [2.24, 2.45) is 0 Å². The zero-order valence-electron chi connectivity index (χ0n) is 19.0. The van der Waals surface area contributed by atoms with Gasteiger partial charge in [-0.25, -0.2) is 9.78 Å². The molecule has 2 aromatic heterocycles. The number of β-amino-alcohol motifs (C(OH)–C–C–N with tert-alkyl or cyclic N) is 1. The van der Waals surface area contributed by atoms with Crippen molar-refractivity contribution in [3.8, 4) is 5.82 Å². The Morgan fingerprint density at radius 3 is 2.79 bits per heavy atom. The molecule has 5 rings (SSSR count). The van der Waals surface area contributed by atoms with Gasteiger partial charge in [-0.05, 0) is 49.2 Å². The van der Waals surface area contributed by atoms with Crippen LogP contribution in [0.4, 0.5) is 0 Å². The van der Waals surface area contributed by atoms with Crippen LogP contribution in [-0.4, -0.2) is 97.0 Å². The summed E-state index contributed by atoms with van der Waals surface area (Å²) in [6, 6.07) is 3.56. The number of pyridine rings is 1. The van der Waals surface area contributed by atoms with Gasteiger partial charge in [0.2, 0.25) is 0 Å². The van der Waals surface area contributed by atoms with E-state index in [-0.39, 0.29) is 18.5 Å². The van der Waals surface area contributed by atoms with Crippen LogP contribution in [0.25, 0.3) is 5.82 Å². The van der Waals surface area contributed by atoms with Crippen LogP contribution in [0.3, 0.4) is 0 Å². The highest BCUT2D eigenvalue weighted by molar-refractivity contribution is 5.94. The molecule has 1 spiro atoms. The second-order valence-corrected chi connectivity index (χ2v) is 8.82. The van der Waals surface area contributed by atoms with Gasteiger partial charge < -0.3 is 24.4 Å². The summed E-state index contributed by atoms with van der Waals surface area (Å²) in [5, 5.41) is 21.8. The molecule has 2 unspecified atom stereocenters. The van der Waals surface area contributed by atoms with Crippen LogP contribution in [0, 0.1) is 0 Å². The Kier molecular flexibility index (Phi) is 6.11. The van der Waals surface area contributed by atoms with Gasteiger partial charge in [-0.15, -0.1) is 5.10 Å². The number of aliphatic hydroxyl groups is 1. The van der Waals surface area contributed by atoms with E-state index in [2.05, 4.69) is 25.4 Å². The summed E-state index contributed by atoms with van der Waals surface area (Å²) in [7, 11) is 0. The lowest BCUT2D eigenvalue weighted by atomic mass is 9.91.